The van der Waals surface area contributed by atoms with E-state index in [1.807, 2.05) is 0 Å². The summed E-state index contributed by atoms with van der Waals surface area (Å²) < 4.78 is 0. The molecule has 0 saturated carbocycles. The fraction of sp³-hybridized carbons (Fsp3) is 0.630. The predicted molar refractivity (Wildman–Crippen MR) is 134 cm³/mol. The van der Waals surface area contributed by atoms with Crippen LogP contribution in [0.5, 0.6) is 0 Å². The summed E-state index contributed by atoms with van der Waals surface area (Å²) in [5.74, 6) is 0. The normalized spacial score (nSPS) is 20.4. The van der Waals surface area contributed by atoms with Crippen LogP contribution in [0.1, 0.15) is 97.8 Å². The van der Waals surface area contributed by atoms with Crippen molar-refractivity contribution in [2.75, 3.05) is 12.8 Å². The molecule has 0 N–H and O–H groups in total. The quantitative estimate of drug-likeness (QED) is 0.154. The Morgan fingerprint density at radius 3 is 2.21 bits per heavy atom. The van der Waals surface area contributed by atoms with E-state index in [9.17, 15) is 0 Å². The second-order valence-electron chi connectivity index (χ2n) is 8.27. The Hall–Kier alpha value is -0.870. The maximum absolute atomic E-state index is 2.60. The third kappa shape index (κ3) is 9.56. The molecule has 1 aliphatic rings. The maximum Gasteiger partial charge on any atom is 0.0942 e. The molecule has 0 spiro atoms. The van der Waals surface area contributed by atoms with Crippen LogP contribution in [-0.4, -0.2) is 12.8 Å². The minimum Gasteiger partial charge on any atom is -0.0838 e. The van der Waals surface area contributed by atoms with E-state index in [1.165, 1.54) is 63.9 Å². The highest BCUT2D eigenvalue weighted by Gasteiger charge is 2.38. The highest BCUT2D eigenvalue weighted by molar-refractivity contribution is 7.83. The third-order valence-electron chi connectivity index (χ3n) is 5.86. The van der Waals surface area contributed by atoms with Gasteiger partial charge in [0.15, 0.2) is 0 Å². The van der Waals surface area contributed by atoms with Crippen LogP contribution in [0.4, 0.5) is 0 Å². The molecule has 0 amide bonds. The van der Waals surface area contributed by atoms with Crippen molar-refractivity contribution in [2.24, 2.45) is 0 Å². The van der Waals surface area contributed by atoms with E-state index in [1.54, 1.807) is 10.6 Å². The molecular weight excluding hydrogens is 355 g/mol. The third-order valence-corrected chi connectivity index (χ3v) is 10.2. The van der Waals surface area contributed by atoms with E-state index in [-0.39, 0.29) is 0 Å². The van der Waals surface area contributed by atoms with Crippen molar-refractivity contribution < 1.29 is 0 Å². The summed E-state index contributed by atoms with van der Waals surface area (Å²) in [5, 5.41) is 3.34. The first-order valence-corrected chi connectivity index (χ1v) is 14.3. The fourth-order valence-corrected chi connectivity index (χ4v) is 7.92. The Bertz CT molecular complexity index is 547. The summed E-state index contributed by atoms with van der Waals surface area (Å²) in [5.41, 5.74) is 0. The van der Waals surface area contributed by atoms with E-state index in [0.717, 1.165) is 19.3 Å². The van der Waals surface area contributed by atoms with Crippen molar-refractivity contribution in [3.8, 4) is 0 Å². The summed E-state index contributed by atoms with van der Waals surface area (Å²) in [6, 6.07) is 0. The second kappa shape index (κ2) is 16.0. The molecule has 1 aliphatic carbocycles. The molecule has 0 nitrogen and oxygen atoms in total. The van der Waals surface area contributed by atoms with Gasteiger partial charge < -0.3 is 0 Å². The second-order valence-corrected chi connectivity index (χ2v) is 12.2. The summed E-state index contributed by atoms with van der Waals surface area (Å²) in [7, 11) is -1.26. The number of hydrogen-bond donors (Lipinski definition) is 0. The van der Waals surface area contributed by atoms with Crippen LogP contribution < -0.4 is 0 Å². The molecule has 28 heavy (non-hydrogen) atoms. The van der Waals surface area contributed by atoms with E-state index < -0.39 is 7.26 Å². The average Bonchev–Trinajstić information content (AvgIpc) is 2.66. The van der Waals surface area contributed by atoms with Gasteiger partial charge in [-0.05, 0) is 50.8 Å². The fourth-order valence-electron chi connectivity index (χ4n) is 4.11. The van der Waals surface area contributed by atoms with Crippen molar-refractivity contribution in [3.63, 3.8) is 0 Å². The lowest BCUT2D eigenvalue weighted by Gasteiger charge is -2.27. The van der Waals surface area contributed by atoms with Gasteiger partial charge in [-0.15, -0.1) is 0 Å². The van der Waals surface area contributed by atoms with Gasteiger partial charge in [0, 0.05) is 6.42 Å². The Kier molecular flexibility index (Phi) is 14.4. The molecule has 1 rings (SSSR count). The van der Waals surface area contributed by atoms with Gasteiger partial charge in [0.1, 0.15) is 0 Å². The largest absolute Gasteiger partial charge is 0.0942 e. The van der Waals surface area contributed by atoms with Crippen LogP contribution in [0.2, 0.25) is 0 Å². The Morgan fingerprint density at radius 1 is 0.929 bits per heavy atom. The van der Waals surface area contributed by atoms with E-state index in [4.69, 9.17) is 0 Å². The van der Waals surface area contributed by atoms with Crippen molar-refractivity contribution >= 4 is 7.26 Å². The molecule has 1 heteroatoms. The first-order valence-electron chi connectivity index (χ1n) is 11.9. The molecule has 0 bridgehead atoms. The van der Waals surface area contributed by atoms with E-state index >= 15 is 0 Å². The van der Waals surface area contributed by atoms with Crippen LogP contribution in [-0.2, 0) is 0 Å². The zero-order valence-electron chi connectivity index (χ0n) is 19.3. The van der Waals surface area contributed by atoms with Crippen LogP contribution >= 0.6 is 7.26 Å². The standard InChI is InChI=1S/C27H46P/c1-5-8-9-10-11-12-13-17-20-25-28(4,26(21-6-2)22-7-3)27-23-18-15-14-16-19-24-27/h6,14-16,18,21-22,24H,5,7-13,17,19-20,23,25H2,1-4H3/q+1/b16-14-,18-15?,21-6-,26-22+,27-24+. The smallest absolute Gasteiger partial charge is 0.0838 e. The van der Waals surface area contributed by atoms with Gasteiger partial charge in [-0.2, -0.15) is 0 Å². The van der Waals surface area contributed by atoms with Gasteiger partial charge >= 0.3 is 0 Å². The Labute approximate surface area is 177 Å². The highest BCUT2D eigenvalue weighted by Crippen LogP contribution is 2.71. The molecule has 1 unspecified atom stereocenters. The molecule has 0 fully saturated rings. The summed E-state index contributed by atoms with van der Waals surface area (Å²) >= 11 is 0. The van der Waals surface area contributed by atoms with Gasteiger partial charge in [-0.1, -0.05) is 89.2 Å². The van der Waals surface area contributed by atoms with Gasteiger partial charge in [0.25, 0.3) is 0 Å². The molecule has 0 aromatic rings. The number of hydrogen-bond acceptors (Lipinski definition) is 0. The topological polar surface area (TPSA) is 0 Å². The molecule has 0 radical (unpaired) electrons. The first-order chi connectivity index (χ1) is 13.7. The maximum atomic E-state index is 2.60. The molecular formula is C27H46P+. The lowest BCUT2D eigenvalue weighted by atomic mass is 10.1. The molecule has 0 heterocycles. The molecule has 0 aliphatic heterocycles. The van der Waals surface area contributed by atoms with Crippen molar-refractivity contribution in [2.45, 2.75) is 97.8 Å². The lowest BCUT2D eigenvalue weighted by molar-refractivity contribution is 0.573. The van der Waals surface area contributed by atoms with Crippen molar-refractivity contribution in [3.05, 3.63) is 59.2 Å². The molecule has 1 atom stereocenters. The molecule has 0 aromatic carbocycles. The van der Waals surface area contributed by atoms with Gasteiger partial charge in [-0.25, -0.2) is 0 Å². The van der Waals surface area contributed by atoms with Crippen LogP contribution in [0.15, 0.2) is 59.2 Å². The summed E-state index contributed by atoms with van der Waals surface area (Å²) in [6.07, 6.45) is 36.2. The van der Waals surface area contributed by atoms with Crippen molar-refractivity contribution in [1.29, 1.82) is 0 Å². The van der Waals surface area contributed by atoms with Crippen LogP contribution in [0.3, 0.4) is 0 Å². The number of allylic oxidation sites excluding steroid dienone is 10. The molecule has 158 valence electrons. The zero-order valence-corrected chi connectivity index (χ0v) is 20.2. The Balaban J connectivity index is 2.70. The molecule has 0 aromatic heterocycles. The van der Waals surface area contributed by atoms with Gasteiger partial charge in [0.2, 0.25) is 0 Å². The highest BCUT2D eigenvalue weighted by atomic mass is 31.2. The predicted octanol–water partition coefficient (Wildman–Crippen LogP) is 9.82. The molecule has 0 saturated heterocycles. The minimum atomic E-state index is -1.26. The van der Waals surface area contributed by atoms with Gasteiger partial charge in [-0.3, -0.25) is 0 Å². The number of unbranched alkanes of at least 4 members (excludes halogenated alkanes) is 8. The van der Waals surface area contributed by atoms with Crippen LogP contribution in [0, 0.1) is 0 Å². The van der Waals surface area contributed by atoms with E-state index in [2.05, 4.69) is 76.0 Å². The average molecular weight is 402 g/mol. The monoisotopic (exact) mass is 401 g/mol. The van der Waals surface area contributed by atoms with Gasteiger partial charge in [0.05, 0.1) is 30.7 Å². The summed E-state index contributed by atoms with van der Waals surface area (Å²) in [4.78, 5) is 0. The zero-order chi connectivity index (χ0) is 20.5. The first kappa shape index (κ1) is 25.2. The van der Waals surface area contributed by atoms with Crippen molar-refractivity contribution in [1.82, 2.24) is 0 Å². The Morgan fingerprint density at radius 2 is 1.57 bits per heavy atom. The SMILES string of the molecule is C/C=C\C(=C/CC)[P+](C)(CCCCCCCCCCC)/C1=C/C/C=C\C=CC1. The minimum absolute atomic E-state index is 1.09. The lowest BCUT2D eigenvalue weighted by Crippen LogP contribution is -2.04. The van der Waals surface area contributed by atoms with Crippen LogP contribution in [0.25, 0.3) is 0 Å². The summed E-state index contributed by atoms with van der Waals surface area (Å²) in [6.45, 7) is 9.35. The number of rotatable bonds is 14. The van der Waals surface area contributed by atoms with E-state index in [0.29, 0.717) is 0 Å².